The molecule has 0 aliphatic carbocycles. The van der Waals surface area contributed by atoms with Crippen LogP contribution in [0.4, 0.5) is 11.8 Å². The minimum absolute atomic E-state index is 0.0346. The minimum atomic E-state index is 0.0346. The van der Waals surface area contributed by atoms with Gasteiger partial charge in [-0.2, -0.15) is 4.98 Å². The monoisotopic (exact) mass is 467 g/mol. The summed E-state index contributed by atoms with van der Waals surface area (Å²) in [6.45, 7) is 3.71. The molecule has 1 aromatic heterocycles. The van der Waals surface area contributed by atoms with E-state index in [0.29, 0.717) is 43.8 Å². The van der Waals surface area contributed by atoms with Crippen LogP contribution < -0.4 is 16.0 Å². The molecule has 5 rings (SSSR count). The Morgan fingerprint density at radius 3 is 2.63 bits per heavy atom. The lowest BCUT2D eigenvalue weighted by Gasteiger charge is -2.38. The Kier molecular flexibility index (Phi) is 6.54. The second-order valence-corrected chi connectivity index (χ2v) is 8.72. The summed E-state index contributed by atoms with van der Waals surface area (Å²) in [6, 6.07) is 20.3. The van der Waals surface area contributed by atoms with Gasteiger partial charge < -0.3 is 11.1 Å². The molecule has 3 aromatic rings. The third kappa shape index (κ3) is 5.07. The summed E-state index contributed by atoms with van der Waals surface area (Å²) in [5.41, 5.74) is 10.2. The summed E-state index contributed by atoms with van der Waals surface area (Å²) in [5, 5.41) is 3.32. The van der Waals surface area contributed by atoms with Crippen molar-refractivity contribution in [3.8, 4) is 0 Å². The summed E-state index contributed by atoms with van der Waals surface area (Å²) in [6.07, 6.45) is 4.99. The van der Waals surface area contributed by atoms with Gasteiger partial charge in [-0.25, -0.2) is 9.98 Å². The number of carbonyl (C=O) groups is 1. The van der Waals surface area contributed by atoms with E-state index in [0.717, 1.165) is 23.2 Å². The molecule has 2 aliphatic heterocycles. The zero-order valence-corrected chi connectivity index (χ0v) is 19.8. The topological polar surface area (TPSA) is 99.7 Å². The molecule has 0 bridgehead atoms. The van der Waals surface area contributed by atoms with Crippen molar-refractivity contribution in [2.45, 2.75) is 25.8 Å². The molecule has 0 radical (unpaired) electrons. The largest absolute Gasteiger partial charge is 0.354 e. The highest BCUT2D eigenvalue weighted by Crippen LogP contribution is 2.26. The maximum absolute atomic E-state index is 12.6. The Bertz CT molecular complexity index is 1250. The van der Waals surface area contributed by atoms with Gasteiger partial charge in [0.25, 0.3) is 0 Å². The number of nitrogens with one attached hydrogen (secondary N) is 1. The second kappa shape index (κ2) is 10.1. The van der Waals surface area contributed by atoms with Crippen molar-refractivity contribution in [1.29, 1.82) is 0 Å². The molecule has 1 amide bonds. The number of rotatable bonds is 7. The van der Waals surface area contributed by atoms with Crippen LogP contribution in [-0.2, 0) is 11.2 Å². The SMILES string of the molecule is CC(N)c1ccc(CCNc2nccc(N3CCC(=O)N4CC=C(c5ccccc5)N=C43)n2)cc1. The summed E-state index contributed by atoms with van der Waals surface area (Å²) in [4.78, 5) is 30.3. The van der Waals surface area contributed by atoms with E-state index in [2.05, 4.69) is 34.6 Å². The van der Waals surface area contributed by atoms with Crippen LogP contribution in [0.5, 0.6) is 0 Å². The highest BCUT2D eigenvalue weighted by Gasteiger charge is 2.33. The third-order valence-electron chi connectivity index (χ3n) is 6.21. The molecule has 8 nitrogen and oxygen atoms in total. The molecular formula is C27H29N7O. The Morgan fingerprint density at radius 1 is 1.06 bits per heavy atom. The number of amides is 1. The van der Waals surface area contributed by atoms with Gasteiger partial charge in [-0.1, -0.05) is 54.6 Å². The van der Waals surface area contributed by atoms with Gasteiger partial charge >= 0.3 is 0 Å². The van der Waals surface area contributed by atoms with Crippen LogP contribution in [0.25, 0.3) is 5.70 Å². The number of aliphatic imine (C=N–C) groups is 1. The number of carbonyl (C=O) groups excluding carboxylic acids is 1. The number of fused-ring (bicyclic) bond motifs is 1. The van der Waals surface area contributed by atoms with Crippen molar-refractivity contribution >= 4 is 29.3 Å². The lowest BCUT2D eigenvalue weighted by atomic mass is 10.1. The van der Waals surface area contributed by atoms with Gasteiger partial charge in [-0.3, -0.25) is 14.6 Å². The summed E-state index contributed by atoms with van der Waals surface area (Å²) in [5.74, 6) is 1.95. The first-order valence-corrected chi connectivity index (χ1v) is 11.9. The highest BCUT2D eigenvalue weighted by atomic mass is 16.2. The summed E-state index contributed by atoms with van der Waals surface area (Å²) in [7, 11) is 0. The minimum Gasteiger partial charge on any atom is -0.354 e. The molecule has 3 N–H and O–H groups in total. The van der Waals surface area contributed by atoms with E-state index in [-0.39, 0.29) is 11.9 Å². The quantitative estimate of drug-likeness (QED) is 0.551. The third-order valence-corrected chi connectivity index (χ3v) is 6.21. The molecule has 3 heterocycles. The maximum atomic E-state index is 12.6. The van der Waals surface area contributed by atoms with Crippen LogP contribution in [0.1, 0.15) is 36.1 Å². The van der Waals surface area contributed by atoms with E-state index < -0.39 is 0 Å². The maximum Gasteiger partial charge on any atom is 0.231 e. The molecule has 0 spiro atoms. The first-order chi connectivity index (χ1) is 17.1. The Morgan fingerprint density at radius 2 is 1.86 bits per heavy atom. The van der Waals surface area contributed by atoms with Crippen molar-refractivity contribution in [2.75, 3.05) is 29.9 Å². The average molecular weight is 468 g/mol. The normalized spacial score (nSPS) is 16.3. The van der Waals surface area contributed by atoms with E-state index in [1.807, 2.05) is 54.3 Å². The zero-order chi connectivity index (χ0) is 24.2. The number of benzene rings is 2. The Balaban J connectivity index is 1.30. The lowest BCUT2D eigenvalue weighted by Crippen LogP contribution is -2.54. The molecule has 178 valence electrons. The van der Waals surface area contributed by atoms with Gasteiger partial charge in [0.15, 0.2) is 0 Å². The number of nitrogens with two attached hydrogens (primary N) is 1. The Hall–Kier alpha value is -4.04. The van der Waals surface area contributed by atoms with Gasteiger partial charge in [0.05, 0.1) is 5.70 Å². The first-order valence-electron chi connectivity index (χ1n) is 11.9. The number of nitrogens with zero attached hydrogens (tertiary/aromatic N) is 5. The van der Waals surface area contributed by atoms with Gasteiger partial charge in [-0.05, 0) is 42.2 Å². The molecule has 1 atom stereocenters. The predicted octanol–water partition coefficient (Wildman–Crippen LogP) is 3.60. The summed E-state index contributed by atoms with van der Waals surface area (Å²) < 4.78 is 0. The fourth-order valence-corrected chi connectivity index (χ4v) is 4.23. The van der Waals surface area contributed by atoms with Gasteiger partial charge in [-0.15, -0.1) is 0 Å². The molecule has 1 saturated heterocycles. The van der Waals surface area contributed by atoms with E-state index in [1.165, 1.54) is 5.56 Å². The lowest BCUT2D eigenvalue weighted by molar-refractivity contribution is -0.127. The predicted molar refractivity (Wildman–Crippen MR) is 139 cm³/mol. The van der Waals surface area contributed by atoms with E-state index in [4.69, 9.17) is 15.7 Å². The van der Waals surface area contributed by atoms with Crippen LogP contribution in [0.3, 0.4) is 0 Å². The first kappa shape index (κ1) is 22.7. The fourth-order valence-electron chi connectivity index (χ4n) is 4.23. The number of hydrogen-bond acceptors (Lipinski definition) is 7. The van der Waals surface area contributed by atoms with Crippen LogP contribution >= 0.6 is 0 Å². The number of hydrogen-bond donors (Lipinski definition) is 2. The number of guanidine groups is 1. The van der Waals surface area contributed by atoms with Crippen LogP contribution in [0.15, 0.2) is 77.9 Å². The molecule has 2 aliphatic rings. The fraction of sp³-hybridized carbons (Fsp3) is 0.259. The smallest absolute Gasteiger partial charge is 0.231 e. The molecule has 2 aromatic carbocycles. The number of aromatic nitrogens is 2. The molecule has 1 unspecified atom stereocenters. The van der Waals surface area contributed by atoms with Crippen LogP contribution in [0, 0.1) is 0 Å². The van der Waals surface area contributed by atoms with Crippen LogP contribution in [-0.4, -0.2) is 46.4 Å². The van der Waals surface area contributed by atoms with Gasteiger partial charge in [0.1, 0.15) is 5.82 Å². The molecule has 35 heavy (non-hydrogen) atoms. The van der Waals surface area contributed by atoms with E-state index in [9.17, 15) is 4.79 Å². The standard InChI is InChI=1S/C27H29N7O/c1-19(28)21-9-7-20(8-10-21)11-15-29-26-30-16-12-24(32-26)33-18-14-25(35)34-17-13-23(31-27(33)34)22-5-3-2-4-6-22/h2-10,12-13,16,19H,11,14-15,17-18,28H2,1H3,(H,29,30,32). The van der Waals surface area contributed by atoms with Gasteiger partial charge in [0.2, 0.25) is 17.8 Å². The number of anilines is 2. The van der Waals surface area contributed by atoms with Crippen molar-refractivity contribution in [2.24, 2.45) is 10.7 Å². The molecule has 0 saturated carbocycles. The van der Waals surface area contributed by atoms with E-state index >= 15 is 0 Å². The van der Waals surface area contributed by atoms with Crippen molar-refractivity contribution in [3.05, 3.63) is 89.6 Å². The molecule has 8 heteroatoms. The zero-order valence-electron chi connectivity index (χ0n) is 19.8. The molecule has 1 fully saturated rings. The van der Waals surface area contributed by atoms with Gasteiger partial charge in [0, 0.05) is 38.3 Å². The summed E-state index contributed by atoms with van der Waals surface area (Å²) >= 11 is 0. The highest BCUT2D eigenvalue weighted by molar-refractivity contribution is 6.10. The average Bonchev–Trinajstić information content (AvgIpc) is 2.90. The van der Waals surface area contributed by atoms with Crippen LogP contribution in [0.2, 0.25) is 0 Å². The Labute approximate surface area is 205 Å². The second-order valence-electron chi connectivity index (χ2n) is 8.72. The van der Waals surface area contributed by atoms with E-state index in [1.54, 1.807) is 11.1 Å². The molecular weight excluding hydrogens is 438 g/mol. The van der Waals surface area contributed by atoms with Crippen molar-refractivity contribution in [3.63, 3.8) is 0 Å². The van der Waals surface area contributed by atoms with Crippen molar-refractivity contribution in [1.82, 2.24) is 14.9 Å². The van der Waals surface area contributed by atoms with Crippen molar-refractivity contribution < 1.29 is 4.79 Å².